The van der Waals surface area contributed by atoms with Gasteiger partial charge in [-0.05, 0) is 70.3 Å². The van der Waals surface area contributed by atoms with Crippen LogP contribution in [-0.4, -0.2) is 29.7 Å². The zero-order chi connectivity index (χ0) is 16.6. The van der Waals surface area contributed by atoms with Crippen molar-refractivity contribution in [3.63, 3.8) is 0 Å². The molecule has 2 saturated heterocycles. The van der Waals surface area contributed by atoms with Crippen LogP contribution < -0.4 is 0 Å². The summed E-state index contributed by atoms with van der Waals surface area (Å²) in [6.45, 7) is 9.50. The number of epoxide rings is 1. The van der Waals surface area contributed by atoms with E-state index in [1.54, 1.807) is 0 Å². The molecule has 1 unspecified atom stereocenters. The molecule has 0 aromatic heterocycles. The molecule has 2 heterocycles. The summed E-state index contributed by atoms with van der Waals surface area (Å²) in [7, 11) is 0. The normalized spacial score (nSPS) is 43.1. The topological polar surface area (TPSA) is 42.0 Å². The fourth-order valence-corrected chi connectivity index (χ4v) is 4.43. The Bertz CT molecular complexity index is 491. The summed E-state index contributed by atoms with van der Waals surface area (Å²) >= 11 is 0. The smallest absolute Gasteiger partial charge is 0.161 e. The molecule has 0 aromatic carbocycles. The van der Waals surface area contributed by atoms with E-state index in [1.165, 1.54) is 17.6 Å². The molecule has 130 valence electrons. The summed E-state index contributed by atoms with van der Waals surface area (Å²) < 4.78 is 11.5. The predicted octanol–water partition coefficient (Wildman–Crippen LogP) is 4.22. The minimum absolute atomic E-state index is 0.0688. The van der Waals surface area contributed by atoms with Crippen LogP contribution in [0.5, 0.6) is 0 Å². The lowest BCUT2D eigenvalue weighted by Gasteiger charge is -2.31. The maximum Gasteiger partial charge on any atom is 0.161 e. The van der Waals surface area contributed by atoms with Crippen LogP contribution in [0.2, 0.25) is 0 Å². The van der Waals surface area contributed by atoms with E-state index in [0.29, 0.717) is 24.5 Å². The van der Waals surface area contributed by atoms with Crippen LogP contribution in [0.3, 0.4) is 0 Å². The van der Waals surface area contributed by atoms with Crippen LogP contribution in [-0.2, 0) is 9.47 Å². The summed E-state index contributed by atoms with van der Waals surface area (Å²) in [4.78, 5) is 0. The third-order valence-corrected chi connectivity index (χ3v) is 6.13. The molecule has 2 fully saturated rings. The van der Waals surface area contributed by atoms with Gasteiger partial charge in [0.15, 0.2) is 6.29 Å². The summed E-state index contributed by atoms with van der Waals surface area (Å²) in [5, 5.41) is 10.4. The van der Waals surface area contributed by atoms with Crippen LogP contribution >= 0.6 is 0 Å². The maximum absolute atomic E-state index is 10.4. The van der Waals surface area contributed by atoms with Crippen molar-refractivity contribution in [3.05, 3.63) is 23.3 Å². The summed E-state index contributed by atoms with van der Waals surface area (Å²) in [5.74, 6) is 1.23. The molecule has 23 heavy (non-hydrogen) atoms. The van der Waals surface area contributed by atoms with Gasteiger partial charge in [0.2, 0.25) is 0 Å². The molecule has 0 radical (unpaired) electrons. The van der Waals surface area contributed by atoms with Crippen molar-refractivity contribution in [3.8, 4) is 0 Å². The van der Waals surface area contributed by atoms with E-state index in [0.717, 1.165) is 25.7 Å². The monoisotopic (exact) mass is 320 g/mol. The third kappa shape index (κ3) is 3.72. The average Bonchev–Trinajstić information content (AvgIpc) is 2.97. The number of ether oxygens (including phenoxy) is 2. The molecule has 1 aliphatic carbocycles. The van der Waals surface area contributed by atoms with Gasteiger partial charge in [0.25, 0.3) is 0 Å². The SMILES string of the molecule is CC(C)=CCC[C@@H](C)[C@@H]1CC[C@@]2(C)O[C@H]2C/C=C2/CO[C@H](O)C21. The first-order valence-corrected chi connectivity index (χ1v) is 9.20. The van der Waals surface area contributed by atoms with Gasteiger partial charge in [0.05, 0.1) is 18.3 Å². The number of hydrogen-bond acceptors (Lipinski definition) is 3. The molecular weight excluding hydrogens is 288 g/mol. The van der Waals surface area contributed by atoms with Gasteiger partial charge in [-0.2, -0.15) is 0 Å². The largest absolute Gasteiger partial charge is 0.367 e. The Hall–Kier alpha value is -0.640. The molecule has 6 atom stereocenters. The number of fused-ring (bicyclic) bond motifs is 2. The maximum atomic E-state index is 10.4. The zero-order valence-electron chi connectivity index (χ0n) is 15.0. The lowest BCUT2D eigenvalue weighted by Crippen LogP contribution is -2.30. The molecule has 3 nitrogen and oxygen atoms in total. The van der Waals surface area contributed by atoms with Crippen molar-refractivity contribution < 1.29 is 14.6 Å². The molecule has 1 N–H and O–H groups in total. The van der Waals surface area contributed by atoms with Gasteiger partial charge in [-0.1, -0.05) is 24.6 Å². The van der Waals surface area contributed by atoms with E-state index in [9.17, 15) is 5.11 Å². The van der Waals surface area contributed by atoms with Gasteiger partial charge >= 0.3 is 0 Å². The number of rotatable bonds is 4. The van der Waals surface area contributed by atoms with Gasteiger partial charge < -0.3 is 14.6 Å². The molecule has 0 amide bonds. The van der Waals surface area contributed by atoms with Crippen molar-refractivity contribution in [2.75, 3.05) is 6.61 Å². The minimum atomic E-state index is -0.625. The standard InChI is InChI=1S/C20H32O3/c1-13(2)6-5-7-14(3)16-10-11-20(4)17(23-20)9-8-15-12-22-19(21)18(15)16/h6,8,14,16-19,21H,5,7,9-12H2,1-4H3/b15-8-/t14-,16+,17+,18?,19+,20-/m1/s1. The quantitative estimate of drug-likeness (QED) is 0.623. The molecule has 0 aromatic rings. The lowest BCUT2D eigenvalue weighted by molar-refractivity contribution is -0.0981. The Labute approximate surface area is 140 Å². The van der Waals surface area contributed by atoms with Gasteiger partial charge in [0, 0.05) is 5.92 Å². The molecular formula is C20H32O3. The van der Waals surface area contributed by atoms with Crippen molar-refractivity contribution in [2.24, 2.45) is 17.8 Å². The van der Waals surface area contributed by atoms with Crippen LogP contribution in [0.15, 0.2) is 23.3 Å². The zero-order valence-corrected chi connectivity index (χ0v) is 15.0. The third-order valence-electron chi connectivity index (χ3n) is 6.13. The van der Waals surface area contributed by atoms with Crippen molar-refractivity contribution in [1.82, 2.24) is 0 Å². The van der Waals surface area contributed by atoms with E-state index in [-0.39, 0.29) is 11.5 Å². The minimum Gasteiger partial charge on any atom is -0.367 e. The molecule has 0 bridgehead atoms. The first-order chi connectivity index (χ1) is 10.9. The second kappa shape index (κ2) is 6.70. The van der Waals surface area contributed by atoms with E-state index < -0.39 is 6.29 Å². The molecule has 3 aliphatic rings. The fourth-order valence-electron chi connectivity index (χ4n) is 4.43. The van der Waals surface area contributed by atoms with Gasteiger partial charge in [-0.25, -0.2) is 0 Å². The average molecular weight is 320 g/mol. The van der Waals surface area contributed by atoms with Crippen LogP contribution in [0.25, 0.3) is 0 Å². The molecule has 3 heteroatoms. The van der Waals surface area contributed by atoms with Crippen LogP contribution in [0.4, 0.5) is 0 Å². The predicted molar refractivity (Wildman–Crippen MR) is 92.0 cm³/mol. The van der Waals surface area contributed by atoms with E-state index in [1.807, 2.05) is 0 Å². The summed E-state index contributed by atoms with van der Waals surface area (Å²) in [6.07, 6.45) is 9.84. The Morgan fingerprint density at radius 3 is 3.00 bits per heavy atom. The van der Waals surface area contributed by atoms with Crippen LogP contribution in [0.1, 0.15) is 59.8 Å². The first-order valence-electron chi connectivity index (χ1n) is 9.20. The van der Waals surface area contributed by atoms with E-state index >= 15 is 0 Å². The second-order valence-corrected chi connectivity index (χ2v) is 8.20. The Morgan fingerprint density at radius 2 is 2.26 bits per heavy atom. The second-order valence-electron chi connectivity index (χ2n) is 8.20. The van der Waals surface area contributed by atoms with Gasteiger partial charge in [0.1, 0.15) is 0 Å². The lowest BCUT2D eigenvalue weighted by atomic mass is 9.74. The molecule has 2 aliphatic heterocycles. The Balaban J connectivity index is 1.75. The highest BCUT2D eigenvalue weighted by molar-refractivity contribution is 5.18. The molecule has 0 spiro atoms. The number of aliphatic hydroxyl groups is 1. The number of allylic oxidation sites excluding steroid dienone is 2. The molecule has 3 rings (SSSR count). The molecule has 0 saturated carbocycles. The van der Waals surface area contributed by atoms with Gasteiger partial charge in [-0.15, -0.1) is 0 Å². The highest BCUT2D eigenvalue weighted by Gasteiger charge is 2.53. The van der Waals surface area contributed by atoms with Crippen molar-refractivity contribution in [1.29, 1.82) is 0 Å². The summed E-state index contributed by atoms with van der Waals surface area (Å²) in [6, 6.07) is 0. The number of aliphatic hydroxyl groups excluding tert-OH is 1. The Kier molecular flexibility index (Phi) is 5.01. The highest BCUT2D eigenvalue weighted by Crippen LogP contribution is 2.49. The van der Waals surface area contributed by atoms with E-state index in [4.69, 9.17) is 9.47 Å². The van der Waals surface area contributed by atoms with Crippen molar-refractivity contribution in [2.45, 2.75) is 77.8 Å². The fraction of sp³-hybridized carbons (Fsp3) is 0.800. The van der Waals surface area contributed by atoms with Gasteiger partial charge in [-0.3, -0.25) is 0 Å². The van der Waals surface area contributed by atoms with E-state index in [2.05, 4.69) is 39.8 Å². The highest BCUT2D eigenvalue weighted by atomic mass is 16.6. The summed E-state index contributed by atoms with van der Waals surface area (Å²) in [5.41, 5.74) is 2.76. The number of hydrogen-bond donors (Lipinski definition) is 1. The first kappa shape index (κ1) is 17.2. The van der Waals surface area contributed by atoms with Crippen molar-refractivity contribution >= 4 is 0 Å². The Morgan fingerprint density at radius 1 is 1.48 bits per heavy atom. The van der Waals surface area contributed by atoms with Crippen LogP contribution in [0, 0.1) is 17.8 Å².